The number of amides is 5. The smallest absolute Gasteiger partial charge is 0.255 e. The number of para-hydroxylation sites is 1. The topological polar surface area (TPSA) is 173 Å². The van der Waals surface area contributed by atoms with Gasteiger partial charge in [-0.25, -0.2) is 0 Å². The summed E-state index contributed by atoms with van der Waals surface area (Å²) in [6.45, 7) is 9.61. The Bertz CT molecular complexity index is 1460. The summed E-state index contributed by atoms with van der Waals surface area (Å²) in [5, 5.41) is 18.7. The second-order valence-corrected chi connectivity index (χ2v) is 12.8. The van der Waals surface area contributed by atoms with E-state index in [0.29, 0.717) is 32.1 Å². The van der Waals surface area contributed by atoms with E-state index in [2.05, 4.69) is 31.7 Å². The van der Waals surface area contributed by atoms with Crippen LogP contribution in [0.2, 0.25) is 0 Å². The van der Waals surface area contributed by atoms with Crippen LogP contribution in [0, 0.1) is 19.8 Å². The van der Waals surface area contributed by atoms with Gasteiger partial charge in [0, 0.05) is 19.3 Å². The molecule has 2 aromatic rings. The van der Waals surface area contributed by atoms with E-state index in [1.165, 1.54) is 0 Å². The summed E-state index contributed by atoms with van der Waals surface area (Å²) < 4.78 is 7.72. The lowest BCUT2D eigenvalue weighted by Gasteiger charge is -2.33. The Kier molecular flexibility index (Phi) is 11.1. The molecule has 5 amide bonds. The molecule has 13 nitrogen and oxygen atoms in total. The summed E-state index contributed by atoms with van der Waals surface area (Å²) in [6.07, 6.45) is 2.33. The molecule has 13 heteroatoms. The number of ether oxygens (including phenoxy) is 1. The van der Waals surface area contributed by atoms with Gasteiger partial charge in [0.1, 0.15) is 30.0 Å². The lowest BCUT2D eigenvalue weighted by molar-refractivity contribution is -0.137. The molecule has 0 unspecified atom stereocenters. The number of aromatic nitrogens is 2. The van der Waals surface area contributed by atoms with E-state index in [-0.39, 0.29) is 36.3 Å². The van der Waals surface area contributed by atoms with Gasteiger partial charge in [0.05, 0.1) is 23.7 Å². The highest BCUT2D eigenvalue weighted by Crippen LogP contribution is 2.31. The number of carbonyl (C=O) groups is 5. The minimum absolute atomic E-state index is 0.0515. The van der Waals surface area contributed by atoms with Crippen molar-refractivity contribution in [1.82, 2.24) is 36.4 Å². The first-order valence-electron chi connectivity index (χ1n) is 16.0. The Hall–Kier alpha value is -4.42. The minimum atomic E-state index is -1.24. The summed E-state index contributed by atoms with van der Waals surface area (Å²) in [6, 6.07) is 4.03. The standard InChI is InChI=1S/C33H47N7O6/c1-19(2)28-31(44)35-20(3)18-46-26-12-8-7-11-24(26)29(42)36-25(17-27(41)38-33(32(45)37-28)14-9-10-15-33)30(43)34-16-13-23-21(4)39-40(6)22(23)5/h7-8,11-12,19-20,25,28H,9-10,13-18H2,1-6H3,(H,34,43)(H,35,44)(H,36,42)(H,37,45)(H,38,41)/t20-,25-,28+/m0/s1. The Morgan fingerprint density at radius 1 is 1.09 bits per heavy atom. The zero-order valence-electron chi connectivity index (χ0n) is 27.6. The van der Waals surface area contributed by atoms with Gasteiger partial charge >= 0.3 is 0 Å². The van der Waals surface area contributed by atoms with Crippen molar-refractivity contribution in [2.45, 2.75) is 96.8 Å². The van der Waals surface area contributed by atoms with Crippen molar-refractivity contribution in [2.24, 2.45) is 13.0 Å². The van der Waals surface area contributed by atoms with Gasteiger partial charge in [0.15, 0.2) is 0 Å². The fourth-order valence-corrected chi connectivity index (χ4v) is 6.13. The third-order valence-electron chi connectivity index (χ3n) is 8.86. The number of carbonyl (C=O) groups excluding carboxylic acids is 5. The third kappa shape index (κ3) is 8.04. The van der Waals surface area contributed by atoms with Crippen LogP contribution < -0.4 is 31.3 Å². The van der Waals surface area contributed by atoms with Crippen LogP contribution >= 0.6 is 0 Å². The highest BCUT2D eigenvalue weighted by atomic mass is 16.5. The fraction of sp³-hybridized carbons (Fsp3) is 0.576. The molecule has 1 aliphatic carbocycles. The van der Waals surface area contributed by atoms with Crippen LogP contribution in [-0.2, 0) is 32.6 Å². The first-order valence-corrected chi connectivity index (χ1v) is 16.0. The molecule has 2 heterocycles. The molecule has 1 fully saturated rings. The van der Waals surface area contributed by atoms with E-state index in [0.717, 1.165) is 17.0 Å². The largest absolute Gasteiger partial charge is 0.491 e. The summed E-state index contributed by atoms with van der Waals surface area (Å²) in [5.41, 5.74) is 1.81. The zero-order chi connectivity index (χ0) is 33.6. The molecular weight excluding hydrogens is 590 g/mol. The van der Waals surface area contributed by atoms with Crippen molar-refractivity contribution in [3.05, 3.63) is 46.8 Å². The summed E-state index contributed by atoms with van der Waals surface area (Å²) >= 11 is 0. The van der Waals surface area contributed by atoms with Crippen LogP contribution in [0.5, 0.6) is 5.75 Å². The maximum atomic E-state index is 13.7. The van der Waals surface area contributed by atoms with Crippen molar-refractivity contribution >= 4 is 29.5 Å². The highest BCUT2D eigenvalue weighted by Gasteiger charge is 2.44. The SMILES string of the molecule is Cc1nn(C)c(C)c1CCNC(=O)[C@@H]1CC(=O)NC2(CCCC2)C(=O)N[C@H](C(C)C)C(=O)N[C@@H](C)COc2ccccc2C(=O)N1. The van der Waals surface area contributed by atoms with Crippen LogP contribution in [0.25, 0.3) is 0 Å². The number of fused-ring (bicyclic) bond motifs is 1. The van der Waals surface area contributed by atoms with Gasteiger partial charge in [-0.15, -0.1) is 0 Å². The molecule has 3 atom stereocenters. The van der Waals surface area contributed by atoms with Gasteiger partial charge in [0.2, 0.25) is 23.6 Å². The van der Waals surface area contributed by atoms with Crippen molar-refractivity contribution < 1.29 is 28.7 Å². The number of hydrogen-bond acceptors (Lipinski definition) is 7. The van der Waals surface area contributed by atoms with E-state index in [1.54, 1.807) is 35.9 Å². The first-order chi connectivity index (χ1) is 21.8. The summed E-state index contributed by atoms with van der Waals surface area (Å²) in [5.74, 6) is -2.49. The molecule has 0 radical (unpaired) electrons. The Morgan fingerprint density at radius 3 is 2.43 bits per heavy atom. The zero-order valence-corrected chi connectivity index (χ0v) is 27.6. The van der Waals surface area contributed by atoms with Crippen molar-refractivity contribution in [1.29, 1.82) is 0 Å². The van der Waals surface area contributed by atoms with Crippen LogP contribution in [0.15, 0.2) is 24.3 Å². The van der Waals surface area contributed by atoms with E-state index < -0.39 is 53.7 Å². The average molecular weight is 638 g/mol. The Labute approximate surface area is 270 Å². The van der Waals surface area contributed by atoms with Gasteiger partial charge in [-0.05, 0) is 63.6 Å². The Morgan fingerprint density at radius 2 is 1.78 bits per heavy atom. The summed E-state index contributed by atoms with van der Waals surface area (Å²) in [7, 11) is 1.86. The van der Waals surface area contributed by atoms with Crippen molar-refractivity contribution in [2.75, 3.05) is 13.2 Å². The molecule has 250 valence electrons. The fourth-order valence-electron chi connectivity index (χ4n) is 6.13. The van der Waals surface area contributed by atoms with Gasteiger partial charge in [-0.2, -0.15) is 5.10 Å². The lowest BCUT2D eigenvalue weighted by Crippen LogP contribution is -2.62. The molecule has 4 rings (SSSR count). The maximum Gasteiger partial charge on any atom is 0.255 e. The number of hydrogen-bond donors (Lipinski definition) is 5. The lowest BCUT2D eigenvalue weighted by atomic mass is 9.93. The predicted molar refractivity (Wildman–Crippen MR) is 171 cm³/mol. The molecule has 0 saturated heterocycles. The molecule has 46 heavy (non-hydrogen) atoms. The number of aryl methyl sites for hydroxylation is 2. The van der Waals surface area contributed by atoms with Gasteiger partial charge in [-0.3, -0.25) is 28.7 Å². The van der Waals surface area contributed by atoms with Crippen LogP contribution in [0.1, 0.15) is 80.2 Å². The molecule has 0 bridgehead atoms. The average Bonchev–Trinajstić information content (AvgIpc) is 3.57. The monoisotopic (exact) mass is 637 g/mol. The maximum absolute atomic E-state index is 13.7. The molecule has 5 N–H and O–H groups in total. The third-order valence-corrected chi connectivity index (χ3v) is 8.86. The van der Waals surface area contributed by atoms with Gasteiger partial charge in [0.25, 0.3) is 5.91 Å². The molecule has 1 spiro atoms. The molecule has 1 saturated carbocycles. The Balaban J connectivity index is 1.62. The molecule has 1 aromatic carbocycles. The second kappa shape index (κ2) is 14.8. The van der Waals surface area contributed by atoms with Gasteiger partial charge in [-0.1, -0.05) is 38.8 Å². The number of nitrogens with zero attached hydrogens (tertiary/aromatic N) is 2. The molecule has 1 aliphatic heterocycles. The number of benzene rings is 1. The molecule has 1 aromatic heterocycles. The normalized spacial score (nSPS) is 22.6. The van der Waals surface area contributed by atoms with E-state index in [9.17, 15) is 24.0 Å². The minimum Gasteiger partial charge on any atom is -0.491 e. The number of rotatable bonds is 5. The van der Waals surface area contributed by atoms with Crippen LogP contribution in [0.3, 0.4) is 0 Å². The highest BCUT2D eigenvalue weighted by molar-refractivity contribution is 6.01. The van der Waals surface area contributed by atoms with Crippen LogP contribution in [0.4, 0.5) is 0 Å². The van der Waals surface area contributed by atoms with E-state index in [1.807, 2.05) is 34.7 Å². The van der Waals surface area contributed by atoms with E-state index >= 15 is 0 Å². The first kappa shape index (κ1) is 34.5. The quantitative estimate of drug-likeness (QED) is 0.329. The molecule has 2 aliphatic rings. The van der Waals surface area contributed by atoms with E-state index in [4.69, 9.17) is 4.74 Å². The molecular formula is C33H47N7O6. The van der Waals surface area contributed by atoms with Crippen molar-refractivity contribution in [3.8, 4) is 5.75 Å². The predicted octanol–water partition coefficient (Wildman–Crippen LogP) is 1.35. The van der Waals surface area contributed by atoms with Crippen LogP contribution in [-0.4, -0.2) is 76.1 Å². The van der Waals surface area contributed by atoms with Crippen molar-refractivity contribution in [3.63, 3.8) is 0 Å². The number of nitrogens with one attached hydrogen (secondary N) is 5. The van der Waals surface area contributed by atoms with Gasteiger partial charge < -0.3 is 31.3 Å². The second-order valence-electron chi connectivity index (χ2n) is 12.8. The summed E-state index contributed by atoms with van der Waals surface area (Å²) in [4.78, 5) is 67.7.